The second-order valence-electron chi connectivity index (χ2n) is 8.71. The molecule has 1 aliphatic heterocycles. The lowest BCUT2D eigenvalue weighted by molar-refractivity contribution is -0.149. The van der Waals surface area contributed by atoms with Gasteiger partial charge in [0.05, 0.1) is 18.9 Å². The van der Waals surface area contributed by atoms with Gasteiger partial charge < -0.3 is 19.1 Å². The molecule has 2 aromatic rings. The number of alkyl halides is 2. The molecule has 1 saturated heterocycles. The molecule has 6 atom stereocenters. The van der Waals surface area contributed by atoms with E-state index in [2.05, 4.69) is 5.09 Å². The number of aromatic nitrogens is 2. The van der Waals surface area contributed by atoms with Gasteiger partial charge in [-0.25, -0.2) is 13.8 Å². The lowest BCUT2D eigenvalue weighted by atomic mass is 10.00. The minimum atomic E-state index is -4.39. The third-order valence-electron chi connectivity index (χ3n) is 5.37. The average Bonchev–Trinajstić information content (AvgIpc) is 3.10. The van der Waals surface area contributed by atoms with Crippen LogP contribution in [0.2, 0.25) is 0 Å². The van der Waals surface area contributed by atoms with Gasteiger partial charge in [-0.3, -0.25) is 23.7 Å². The topological polar surface area (TPSA) is 158 Å². The summed E-state index contributed by atoms with van der Waals surface area (Å²) >= 11 is 6.26. The highest BCUT2D eigenvalue weighted by molar-refractivity contribution is 7.52. The Kier molecular flexibility index (Phi) is 9.50. The average molecular weight is 582 g/mol. The highest BCUT2D eigenvalue weighted by Gasteiger charge is 2.57. The monoisotopic (exact) mass is 581 g/mol. The van der Waals surface area contributed by atoms with Gasteiger partial charge in [0, 0.05) is 0 Å². The van der Waals surface area contributed by atoms with Gasteiger partial charge in [0.1, 0.15) is 35.5 Å². The van der Waals surface area contributed by atoms with Crippen molar-refractivity contribution in [1.82, 2.24) is 14.6 Å². The molecule has 12 nitrogen and oxygen atoms in total. The van der Waals surface area contributed by atoms with Crippen LogP contribution in [0.5, 0.6) is 5.75 Å². The maximum absolute atomic E-state index is 14.0. The van der Waals surface area contributed by atoms with Gasteiger partial charge in [-0.15, -0.1) is 11.6 Å². The van der Waals surface area contributed by atoms with Crippen LogP contribution in [0, 0.1) is 5.82 Å². The number of esters is 1. The number of benzene rings is 1. The van der Waals surface area contributed by atoms with E-state index in [1.165, 1.54) is 19.1 Å². The minimum Gasteiger partial charge on any atom is -0.462 e. The number of halogens is 3. The van der Waals surface area contributed by atoms with Crippen molar-refractivity contribution in [1.29, 1.82) is 0 Å². The summed E-state index contributed by atoms with van der Waals surface area (Å²) in [5.41, 5.74) is -2.49. The van der Waals surface area contributed by atoms with Crippen molar-refractivity contribution in [2.75, 3.05) is 13.3 Å². The summed E-state index contributed by atoms with van der Waals surface area (Å²) in [5, 5.41) is 13.2. The highest BCUT2D eigenvalue weighted by Crippen LogP contribution is 2.48. The Bertz CT molecular complexity index is 1290. The van der Waals surface area contributed by atoms with Crippen LogP contribution in [0.3, 0.4) is 0 Å². The fraction of sp³-hybridized carbons (Fsp3) is 0.500. The number of nitrogens with one attached hydrogen (secondary N) is 2. The Morgan fingerprint density at radius 2 is 1.97 bits per heavy atom. The molecule has 210 valence electrons. The van der Waals surface area contributed by atoms with Gasteiger partial charge in [-0.05, 0) is 32.9 Å². The smallest absolute Gasteiger partial charge is 0.459 e. The van der Waals surface area contributed by atoms with E-state index in [9.17, 15) is 32.8 Å². The molecule has 1 aliphatic rings. The molecule has 2 unspecified atom stereocenters. The van der Waals surface area contributed by atoms with Crippen LogP contribution in [-0.4, -0.2) is 63.1 Å². The van der Waals surface area contributed by atoms with Crippen molar-refractivity contribution in [3.63, 3.8) is 0 Å². The summed E-state index contributed by atoms with van der Waals surface area (Å²) in [5.74, 6) is -2.04. The quantitative estimate of drug-likeness (QED) is 0.204. The van der Waals surface area contributed by atoms with Crippen LogP contribution in [0.1, 0.15) is 27.0 Å². The first kappa shape index (κ1) is 29.9. The summed E-state index contributed by atoms with van der Waals surface area (Å²) in [7, 11) is -4.39. The molecule has 0 saturated carbocycles. The molecule has 38 heavy (non-hydrogen) atoms. The number of carbonyl (C=O) groups excluding carboxylic acids is 1. The lowest BCUT2D eigenvalue weighted by Crippen LogP contribution is -2.47. The molecule has 2 heterocycles. The molecule has 3 N–H and O–H groups in total. The highest BCUT2D eigenvalue weighted by atomic mass is 35.5. The van der Waals surface area contributed by atoms with Gasteiger partial charge in [0.25, 0.3) is 5.56 Å². The van der Waals surface area contributed by atoms with E-state index in [-0.39, 0.29) is 5.75 Å². The van der Waals surface area contributed by atoms with Crippen molar-refractivity contribution in [2.24, 2.45) is 0 Å². The Balaban J connectivity index is 1.85. The molecule has 1 aromatic carbocycles. The summed E-state index contributed by atoms with van der Waals surface area (Å²) in [6.07, 6.45) is -5.17. The predicted molar refractivity (Wildman–Crippen MR) is 130 cm³/mol. The van der Waals surface area contributed by atoms with Gasteiger partial charge >= 0.3 is 19.4 Å². The molecule has 16 heteroatoms. The van der Waals surface area contributed by atoms with Crippen LogP contribution in [0.4, 0.5) is 8.78 Å². The molecule has 0 aliphatic carbocycles. The standard InChI is InChI=1S/C22H27ClF2N3O9P/c1-12(2)35-19(31)13(3)27-38(33,37-14-7-5-4-6-8-14)34-10-16-17(29)22(23,11-24)20(36-16)28-9-15(25)18(30)26-21(28)32/h4-9,12-13,16-17,20,29H,10-11H2,1-3H3,(H,27,33)(H,26,30,32)/t13-,16+,17?,20+,22+,38?/m0/s1. The SMILES string of the molecule is CC(C)OC(=O)[C@H](C)NP(=O)(OC[C@H]1O[C@@H](n2cc(F)c(=O)[nH]c2=O)[C@@](Cl)(CF)C1O)Oc1ccccc1. The van der Waals surface area contributed by atoms with Crippen molar-refractivity contribution in [2.45, 2.75) is 56.2 Å². The number of nitrogens with zero attached hydrogens (tertiary/aromatic N) is 1. The van der Waals surface area contributed by atoms with Crippen molar-refractivity contribution in [3.05, 3.63) is 63.2 Å². The summed E-state index contributed by atoms with van der Waals surface area (Å²) in [4.78, 5) is 35.3. The number of ether oxygens (including phenoxy) is 2. The van der Waals surface area contributed by atoms with Crippen LogP contribution < -0.4 is 20.9 Å². The molecule has 0 spiro atoms. The molecule has 3 rings (SSSR count). The van der Waals surface area contributed by atoms with E-state index in [1.54, 1.807) is 37.0 Å². The summed E-state index contributed by atoms with van der Waals surface area (Å²) < 4.78 is 63.5. The van der Waals surface area contributed by atoms with E-state index in [0.717, 1.165) is 0 Å². The zero-order valence-corrected chi connectivity index (χ0v) is 22.2. The van der Waals surface area contributed by atoms with E-state index >= 15 is 0 Å². The summed E-state index contributed by atoms with van der Waals surface area (Å²) in [6, 6.07) is 6.63. The zero-order valence-electron chi connectivity index (χ0n) is 20.5. The van der Waals surface area contributed by atoms with E-state index < -0.39 is 79.5 Å². The summed E-state index contributed by atoms with van der Waals surface area (Å²) in [6.45, 7) is 2.42. The first-order valence-electron chi connectivity index (χ1n) is 11.4. The Morgan fingerprint density at radius 1 is 1.32 bits per heavy atom. The number of H-pyrrole nitrogens is 1. The number of aliphatic hydroxyl groups is 1. The van der Waals surface area contributed by atoms with E-state index in [0.29, 0.717) is 10.8 Å². The molecular weight excluding hydrogens is 555 g/mol. The Hall–Kier alpha value is -2.61. The molecule has 0 amide bonds. The maximum Gasteiger partial charge on any atom is 0.459 e. The van der Waals surface area contributed by atoms with Gasteiger partial charge in [0.15, 0.2) is 6.23 Å². The van der Waals surface area contributed by atoms with Gasteiger partial charge in [-0.1, -0.05) is 18.2 Å². The van der Waals surface area contributed by atoms with Crippen molar-refractivity contribution in [3.8, 4) is 5.75 Å². The number of rotatable bonds is 11. The largest absolute Gasteiger partial charge is 0.462 e. The van der Waals surface area contributed by atoms with Gasteiger partial charge in [-0.2, -0.15) is 9.48 Å². The van der Waals surface area contributed by atoms with Crippen LogP contribution >= 0.6 is 19.3 Å². The fourth-order valence-electron chi connectivity index (χ4n) is 3.52. The first-order chi connectivity index (χ1) is 17.8. The third kappa shape index (κ3) is 6.68. The Morgan fingerprint density at radius 3 is 2.58 bits per heavy atom. The fourth-order valence-corrected chi connectivity index (χ4v) is 5.32. The number of aromatic amines is 1. The predicted octanol–water partition coefficient (Wildman–Crippen LogP) is 2.01. The molecule has 0 radical (unpaired) electrons. The Labute approximate surface area is 220 Å². The van der Waals surface area contributed by atoms with Gasteiger partial charge in [0.2, 0.25) is 5.82 Å². The molecule has 0 bridgehead atoms. The number of para-hydroxylation sites is 1. The molecule has 1 aromatic heterocycles. The van der Waals surface area contributed by atoms with Crippen LogP contribution in [-0.2, 0) is 23.4 Å². The number of carbonyl (C=O) groups is 1. The second-order valence-corrected chi connectivity index (χ2v) is 11.1. The van der Waals surface area contributed by atoms with E-state index in [4.69, 9.17) is 30.1 Å². The minimum absolute atomic E-state index is 0.101. The number of hydrogen-bond acceptors (Lipinski definition) is 9. The lowest BCUT2D eigenvalue weighted by Gasteiger charge is -2.27. The van der Waals surface area contributed by atoms with Crippen molar-refractivity contribution < 1.29 is 41.8 Å². The third-order valence-corrected chi connectivity index (χ3v) is 7.53. The first-order valence-corrected chi connectivity index (χ1v) is 13.3. The molecule has 1 fully saturated rings. The molecular formula is C22H27ClF2N3O9P. The number of aliphatic hydroxyl groups excluding tert-OH is 1. The zero-order chi connectivity index (χ0) is 28.3. The van der Waals surface area contributed by atoms with E-state index in [1.807, 2.05) is 0 Å². The van der Waals surface area contributed by atoms with Crippen LogP contribution in [0.15, 0.2) is 46.1 Å². The van der Waals surface area contributed by atoms with Crippen LogP contribution in [0.25, 0.3) is 0 Å². The second kappa shape index (κ2) is 12.1. The number of hydrogen-bond donors (Lipinski definition) is 3. The normalized spacial score (nSPS) is 25.6. The van der Waals surface area contributed by atoms with Crippen molar-refractivity contribution >= 4 is 25.3 Å². The maximum atomic E-state index is 14.0.